The molecule has 2 aliphatic heterocycles. The highest BCUT2D eigenvalue weighted by Gasteiger charge is 2.72. The lowest BCUT2D eigenvalue weighted by Crippen LogP contribution is -2.79. The van der Waals surface area contributed by atoms with Crippen LogP contribution in [-0.4, -0.2) is 66.8 Å². The zero-order chi connectivity index (χ0) is 23.4. The molecule has 4 unspecified atom stereocenters. The number of likely N-dealkylation sites (tertiary alicyclic amines) is 1. The predicted molar refractivity (Wildman–Crippen MR) is 120 cm³/mol. The quantitative estimate of drug-likeness (QED) is 0.616. The summed E-state index contributed by atoms with van der Waals surface area (Å²) in [6, 6.07) is 4.64. The number of aliphatic hydroxyl groups is 1. The van der Waals surface area contributed by atoms with Crippen LogP contribution in [0.5, 0.6) is 5.75 Å². The van der Waals surface area contributed by atoms with Gasteiger partial charge in [-0.25, -0.2) is 13.9 Å². The second kappa shape index (κ2) is 6.90. The highest BCUT2D eigenvalue weighted by molar-refractivity contribution is 6.30. The van der Waals surface area contributed by atoms with Crippen molar-refractivity contribution >= 4 is 23.2 Å². The van der Waals surface area contributed by atoms with Crippen LogP contribution in [0.1, 0.15) is 40.9 Å². The summed E-state index contributed by atoms with van der Waals surface area (Å²) in [7, 11) is 2.04. The van der Waals surface area contributed by atoms with Gasteiger partial charge >= 0.3 is 0 Å². The molecule has 0 bridgehead atoms. The van der Waals surface area contributed by atoms with Crippen molar-refractivity contribution < 1.29 is 19.0 Å². The molecule has 0 radical (unpaired) electrons. The minimum absolute atomic E-state index is 0.0957. The number of nitrogens with zero attached hydrogens (tertiary/aromatic N) is 5. The monoisotopic (exact) mass is 483 g/mol. The number of halogens is 2. The molecule has 176 valence electrons. The van der Waals surface area contributed by atoms with Gasteiger partial charge in [0, 0.05) is 41.7 Å². The molecular weight excluding hydrogens is 461 g/mol. The van der Waals surface area contributed by atoms with E-state index in [-0.39, 0.29) is 35.3 Å². The molecular formula is C24H23ClFN5O3. The lowest BCUT2D eigenvalue weighted by Gasteiger charge is -2.69. The molecule has 5 atom stereocenters. The molecule has 1 N–H and O–H groups in total. The first-order chi connectivity index (χ1) is 16.3. The number of hydrogen-bond acceptors (Lipinski definition) is 6. The molecule has 1 aromatic carbocycles. The van der Waals surface area contributed by atoms with Crippen LogP contribution in [0, 0.1) is 11.2 Å². The Hall–Kier alpha value is -2.75. The van der Waals surface area contributed by atoms with Crippen molar-refractivity contribution in [2.45, 2.75) is 56.6 Å². The third kappa shape index (κ3) is 2.68. The number of ether oxygens (including phenoxy) is 1. The summed E-state index contributed by atoms with van der Waals surface area (Å²) in [6.45, 7) is 0.701. The van der Waals surface area contributed by atoms with E-state index in [1.165, 1.54) is 18.2 Å². The van der Waals surface area contributed by atoms with Crippen molar-refractivity contribution in [3.8, 4) is 5.75 Å². The Kier molecular flexibility index (Phi) is 4.18. The number of aromatic nitrogens is 3. The third-order valence-corrected chi connectivity index (χ3v) is 8.49. The summed E-state index contributed by atoms with van der Waals surface area (Å²) < 4.78 is 22.1. The number of carbonyl (C=O) groups excluding carboxylic acids is 1. The highest BCUT2D eigenvalue weighted by atomic mass is 35.5. The highest BCUT2D eigenvalue weighted by Crippen LogP contribution is 2.64. The molecule has 7 rings (SSSR count). The van der Waals surface area contributed by atoms with Crippen LogP contribution in [0.15, 0.2) is 30.6 Å². The summed E-state index contributed by atoms with van der Waals surface area (Å²) in [4.78, 5) is 21.7. The van der Waals surface area contributed by atoms with Gasteiger partial charge < -0.3 is 14.7 Å². The van der Waals surface area contributed by atoms with E-state index in [1.54, 1.807) is 21.8 Å². The van der Waals surface area contributed by atoms with Crippen molar-refractivity contribution in [2.24, 2.45) is 5.41 Å². The summed E-state index contributed by atoms with van der Waals surface area (Å²) in [5.74, 6) is -0.396. The minimum Gasteiger partial charge on any atom is -0.489 e. The average Bonchev–Trinajstić information content (AvgIpc) is 3.43. The number of carbonyl (C=O) groups is 1. The number of benzene rings is 1. The molecule has 3 aromatic rings. The molecule has 10 heteroatoms. The van der Waals surface area contributed by atoms with Gasteiger partial charge in [0.15, 0.2) is 5.65 Å². The zero-order valence-corrected chi connectivity index (χ0v) is 19.2. The first kappa shape index (κ1) is 20.6. The SMILES string of the molecule is CN1C2CC(Oc3cc(F)ccc3C(=O)N3Cc4nn5cc(Cl)cnc5c4C3)CC23C[C@H](O)C13. The molecule has 4 heterocycles. The van der Waals surface area contributed by atoms with E-state index in [0.717, 1.165) is 30.5 Å². The predicted octanol–water partition coefficient (Wildman–Crippen LogP) is 2.65. The van der Waals surface area contributed by atoms with Gasteiger partial charge in [-0.1, -0.05) is 11.6 Å². The van der Waals surface area contributed by atoms with E-state index in [2.05, 4.69) is 15.0 Å². The Bertz CT molecular complexity index is 1360. The summed E-state index contributed by atoms with van der Waals surface area (Å²) >= 11 is 6.01. The van der Waals surface area contributed by atoms with E-state index in [1.807, 2.05) is 7.05 Å². The van der Waals surface area contributed by atoms with E-state index >= 15 is 0 Å². The second-order valence-electron chi connectivity index (χ2n) is 10.1. The second-order valence-corrected chi connectivity index (χ2v) is 10.5. The van der Waals surface area contributed by atoms with Crippen molar-refractivity contribution in [1.29, 1.82) is 0 Å². The van der Waals surface area contributed by atoms with E-state index in [0.29, 0.717) is 35.4 Å². The number of likely N-dealkylation sites (N-methyl/N-ethyl adjacent to an activating group) is 1. The molecule has 34 heavy (non-hydrogen) atoms. The lowest BCUT2D eigenvalue weighted by molar-refractivity contribution is -0.240. The number of hydrogen-bond donors (Lipinski definition) is 1. The number of piperidine rings is 1. The molecule has 4 aliphatic rings. The Balaban J connectivity index is 1.13. The van der Waals surface area contributed by atoms with Crippen LogP contribution in [-0.2, 0) is 13.1 Å². The van der Waals surface area contributed by atoms with Crippen molar-refractivity contribution in [2.75, 3.05) is 7.05 Å². The van der Waals surface area contributed by atoms with E-state index in [4.69, 9.17) is 16.3 Å². The summed E-state index contributed by atoms with van der Waals surface area (Å²) in [6.07, 6.45) is 5.26. The van der Waals surface area contributed by atoms with Crippen molar-refractivity contribution in [3.05, 3.63) is 58.3 Å². The normalized spacial score (nSPS) is 31.6. The van der Waals surface area contributed by atoms with Gasteiger partial charge in [0.05, 0.1) is 41.7 Å². The molecule has 1 amide bonds. The fraction of sp³-hybridized carbons (Fsp3) is 0.458. The first-order valence-electron chi connectivity index (χ1n) is 11.5. The summed E-state index contributed by atoms with van der Waals surface area (Å²) in [5.41, 5.74) is 2.77. The smallest absolute Gasteiger partial charge is 0.258 e. The lowest BCUT2D eigenvalue weighted by atomic mass is 9.52. The van der Waals surface area contributed by atoms with Gasteiger partial charge in [-0.15, -0.1) is 0 Å². The maximum Gasteiger partial charge on any atom is 0.258 e. The molecule has 1 spiro atoms. The minimum atomic E-state index is -0.441. The molecule has 2 aliphatic carbocycles. The first-order valence-corrected chi connectivity index (χ1v) is 11.9. The van der Waals surface area contributed by atoms with Gasteiger partial charge in [0.2, 0.25) is 0 Å². The number of amides is 1. The average molecular weight is 484 g/mol. The maximum absolute atomic E-state index is 14.2. The molecule has 2 aromatic heterocycles. The van der Waals surface area contributed by atoms with Gasteiger partial charge in [-0.2, -0.15) is 5.10 Å². The van der Waals surface area contributed by atoms with Gasteiger partial charge in [0.1, 0.15) is 17.7 Å². The molecule has 8 nitrogen and oxygen atoms in total. The zero-order valence-electron chi connectivity index (χ0n) is 18.5. The van der Waals surface area contributed by atoms with Gasteiger partial charge in [0.25, 0.3) is 5.91 Å². The van der Waals surface area contributed by atoms with Crippen molar-refractivity contribution in [1.82, 2.24) is 24.4 Å². The fourth-order valence-electron chi connectivity index (χ4n) is 6.94. The van der Waals surface area contributed by atoms with E-state index < -0.39 is 5.82 Å². The van der Waals surface area contributed by atoms with Gasteiger partial charge in [-0.05, 0) is 32.0 Å². The van der Waals surface area contributed by atoms with Crippen LogP contribution in [0.2, 0.25) is 5.02 Å². The maximum atomic E-state index is 14.2. The molecule has 2 saturated carbocycles. The molecule has 3 fully saturated rings. The van der Waals surface area contributed by atoms with Crippen LogP contribution < -0.4 is 4.74 Å². The van der Waals surface area contributed by atoms with Crippen molar-refractivity contribution in [3.63, 3.8) is 0 Å². The van der Waals surface area contributed by atoms with Crippen LogP contribution in [0.4, 0.5) is 4.39 Å². The Morgan fingerprint density at radius 2 is 2.18 bits per heavy atom. The third-order valence-electron chi connectivity index (χ3n) is 8.29. The van der Waals surface area contributed by atoms with E-state index in [9.17, 15) is 14.3 Å². The standard InChI is InChI=1S/C24H23ClFN5O3/c1-29-20-5-14(6-24(20)7-18(32)21(24)29)34-19-4-13(26)2-3-15(19)23(33)30-10-16-17(11-30)28-31-9-12(25)8-27-22(16)31/h2-4,8-9,14,18,20-21,32H,5-7,10-11H2,1H3/t14?,18-,20?,21?,24?/m0/s1. The Morgan fingerprint density at radius 1 is 1.32 bits per heavy atom. The van der Waals surface area contributed by atoms with Crippen LogP contribution in [0.25, 0.3) is 5.65 Å². The topological polar surface area (TPSA) is 83.2 Å². The fourth-order valence-corrected chi connectivity index (χ4v) is 7.09. The molecule has 1 saturated heterocycles. The number of rotatable bonds is 3. The van der Waals surface area contributed by atoms with Gasteiger partial charge in [-0.3, -0.25) is 9.69 Å². The number of fused-ring (bicyclic) bond motifs is 3. The Morgan fingerprint density at radius 3 is 3.00 bits per heavy atom. The van der Waals surface area contributed by atoms with Crippen LogP contribution >= 0.6 is 11.6 Å². The Labute approximate surface area is 199 Å². The summed E-state index contributed by atoms with van der Waals surface area (Å²) in [5, 5.41) is 15.1. The largest absolute Gasteiger partial charge is 0.489 e. The van der Waals surface area contributed by atoms with Crippen LogP contribution in [0.3, 0.4) is 0 Å². The number of aliphatic hydroxyl groups excluding tert-OH is 1.